The summed E-state index contributed by atoms with van der Waals surface area (Å²) in [4.78, 5) is 20.3. The number of hydrogen-bond acceptors (Lipinski definition) is 7. The molecule has 136 valence electrons. The first-order valence-electron chi connectivity index (χ1n) is 8.22. The summed E-state index contributed by atoms with van der Waals surface area (Å²) < 4.78 is 11.7. The van der Waals surface area contributed by atoms with Gasteiger partial charge in [-0.2, -0.15) is 10.1 Å². The molecular formula is C18H16N6O3. The number of fused-ring (bicyclic) bond motifs is 1. The maximum absolute atomic E-state index is 11.4. The maximum atomic E-state index is 11.4. The molecule has 0 aliphatic rings. The van der Waals surface area contributed by atoms with Crippen LogP contribution in [-0.2, 0) is 16.1 Å². The van der Waals surface area contributed by atoms with E-state index in [1.54, 1.807) is 10.7 Å². The lowest BCUT2D eigenvalue weighted by atomic mass is 10.1. The summed E-state index contributed by atoms with van der Waals surface area (Å²) in [6.07, 6.45) is 3.57. The summed E-state index contributed by atoms with van der Waals surface area (Å²) in [6, 6.07) is 11.4. The molecule has 0 aliphatic heterocycles. The Morgan fingerprint density at radius 1 is 1.22 bits per heavy atom. The summed E-state index contributed by atoms with van der Waals surface area (Å²) in [7, 11) is 1.45. The molecule has 0 radical (unpaired) electrons. The Kier molecular flexibility index (Phi) is 4.58. The SMILES string of the molecule is COCC(=O)NCc1nc(-c2cccc(-c3cn4ncccc4n3)c2)no1. The predicted molar refractivity (Wildman–Crippen MR) is 95.4 cm³/mol. The maximum Gasteiger partial charge on any atom is 0.246 e. The van der Waals surface area contributed by atoms with E-state index >= 15 is 0 Å². The Bertz CT molecular complexity index is 1050. The van der Waals surface area contributed by atoms with E-state index in [1.807, 2.05) is 42.6 Å². The fourth-order valence-electron chi connectivity index (χ4n) is 2.59. The van der Waals surface area contributed by atoms with Crippen LogP contribution < -0.4 is 5.32 Å². The lowest BCUT2D eigenvalue weighted by molar-refractivity contribution is -0.125. The van der Waals surface area contributed by atoms with Crippen LogP contribution in [0.25, 0.3) is 28.3 Å². The number of carbonyl (C=O) groups is 1. The van der Waals surface area contributed by atoms with Gasteiger partial charge in [-0.05, 0) is 18.2 Å². The van der Waals surface area contributed by atoms with Crippen molar-refractivity contribution >= 4 is 11.6 Å². The fraction of sp³-hybridized carbons (Fsp3) is 0.167. The molecule has 3 aromatic heterocycles. The first-order chi connectivity index (χ1) is 13.2. The number of methoxy groups -OCH3 is 1. The summed E-state index contributed by atoms with van der Waals surface area (Å²) in [5.74, 6) is 0.506. The Labute approximate surface area is 154 Å². The zero-order valence-electron chi connectivity index (χ0n) is 14.5. The molecule has 9 heteroatoms. The van der Waals surface area contributed by atoms with Crippen LogP contribution in [0.1, 0.15) is 5.89 Å². The average Bonchev–Trinajstić information content (AvgIpc) is 3.34. The highest BCUT2D eigenvalue weighted by Gasteiger charge is 2.12. The molecule has 4 rings (SSSR count). The van der Waals surface area contributed by atoms with Gasteiger partial charge in [0, 0.05) is 24.4 Å². The smallest absolute Gasteiger partial charge is 0.246 e. The molecule has 0 spiro atoms. The van der Waals surface area contributed by atoms with Crippen LogP contribution in [0.4, 0.5) is 0 Å². The van der Waals surface area contributed by atoms with Crippen molar-refractivity contribution in [2.24, 2.45) is 0 Å². The van der Waals surface area contributed by atoms with E-state index in [1.165, 1.54) is 7.11 Å². The molecule has 0 fully saturated rings. The first-order valence-corrected chi connectivity index (χ1v) is 8.22. The Balaban J connectivity index is 1.55. The second kappa shape index (κ2) is 7.34. The molecule has 0 saturated heterocycles. The van der Waals surface area contributed by atoms with E-state index in [9.17, 15) is 4.79 Å². The van der Waals surface area contributed by atoms with Crippen molar-refractivity contribution in [1.29, 1.82) is 0 Å². The molecule has 1 aromatic carbocycles. The molecule has 3 heterocycles. The van der Waals surface area contributed by atoms with Crippen molar-refractivity contribution in [1.82, 2.24) is 30.1 Å². The zero-order chi connectivity index (χ0) is 18.6. The highest BCUT2D eigenvalue weighted by Crippen LogP contribution is 2.24. The number of amides is 1. The highest BCUT2D eigenvalue weighted by molar-refractivity contribution is 5.77. The molecule has 1 amide bonds. The monoisotopic (exact) mass is 364 g/mol. The lowest BCUT2D eigenvalue weighted by Gasteiger charge is -2.00. The number of rotatable bonds is 6. The summed E-state index contributed by atoms with van der Waals surface area (Å²) in [6.45, 7) is 0.129. The summed E-state index contributed by atoms with van der Waals surface area (Å²) in [5.41, 5.74) is 3.27. The molecule has 0 saturated carbocycles. The van der Waals surface area contributed by atoms with Crippen LogP contribution in [0.2, 0.25) is 0 Å². The van der Waals surface area contributed by atoms with Crippen molar-refractivity contribution < 1.29 is 14.1 Å². The van der Waals surface area contributed by atoms with Gasteiger partial charge in [0.05, 0.1) is 18.4 Å². The van der Waals surface area contributed by atoms with Gasteiger partial charge in [-0.3, -0.25) is 4.79 Å². The molecule has 0 atom stereocenters. The molecule has 1 N–H and O–H groups in total. The Morgan fingerprint density at radius 2 is 2.11 bits per heavy atom. The quantitative estimate of drug-likeness (QED) is 0.555. The minimum Gasteiger partial charge on any atom is -0.375 e. The predicted octanol–water partition coefficient (Wildman–Crippen LogP) is 1.71. The number of ether oxygens (including phenoxy) is 1. The Morgan fingerprint density at radius 3 is 2.96 bits per heavy atom. The normalized spacial score (nSPS) is 11.0. The second-order valence-electron chi connectivity index (χ2n) is 5.75. The number of hydrogen-bond donors (Lipinski definition) is 1. The van der Waals surface area contributed by atoms with Crippen LogP contribution >= 0.6 is 0 Å². The highest BCUT2D eigenvalue weighted by atomic mass is 16.5. The van der Waals surface area contributed by atoms with Gasteiger partial charge in [-0.1, -0.05) is 23.4 Å². The number of benzene rings is 1. The minimum atomic E-state index is -0.250. The number of nitrogens with one attached hydrogen (secondary N) is 1. The van der Waals surface area contributed by atoms with Crippen LogP contribution in [0.15, 0.2) is 53.3 Å². The van der Waals surface area contributed by atoms with E-state index in [0.717, 1.165) is 22.5 Å². The van der Waals surface area contributed by atoms with Crippen molar-refractivity contribution in [2.45, 2.75) is 6.54 Å². The van der Waals surface area contributed by atoms with Crippen LogP contribution in [-0.4, -0.2) is 44.4 Å². The molecule has 9 nitrogen and oxygen atoms in total. The molecule has 0 unspecified atom stereocenters. The van der Waals surface area contributed by atoms with Gasteiger partial charge in [-0.25, -0.2) is 9.50 Å². The third kappa shape index (κ3) is 3.67. The minimum absolute atomic E-state index is 0.0170. The van der Waals surface area contributed by atoms with Crippen LogP contribution in [0, 0.1) is 0 Å². The van der Waals surface area contributed by atoms with E-state index in [0.29, 0.717) is 11.7 Å². The van der Waals surface area contributed by atoms with Gasteiger partial charge in [0.25, 0.3) is 0 Å². The van der Waals surface area contributed by atoms with Gasteiger partial charge < -0.3 is 14.6 Å². The molecule has 4 aromatic rings. The van der Waals surface area contributed by atoms with Gasteiger partial charge in [-0.15, -0.1) is 0 Å². The van der Waals surface area contributed by atoms with Crippen molar-refractivity contribution in [3.05, 3.63) is 54.7 Å². The number of aromatic nitrogens is 5. The standard InChI is InChI=1S/C18H16N6O3/c1-26-11-16(25)19-9-17-22-18(23-27-17)13-5-2-4-12(8-13)14-10-24-15(21-14)6-3-7-20-24/h2-8,10H,9,11H2,1H3,(H,19,25). The molecule has 0 aliphatic carbocycles. The van der Waals surface area contributed by atoms with E-state index in [-0.39, 0.29) is 19.1 Å². The van der Waals surface area contributed by atoms with Gasteiger partial charge >= 0.3 is 0 Å². The number of carbonyl (C=O) groups excluding carboxylic acids is 1. The summed E-state index contributed by atoms with van der Waals surface area (Å²) >= 11 is 0. The van der Waals surface area contributed by atoms with E-state index < -0.39 is 0 Å². The number of imidazole rings is 1. The van der Waals surface area contributed by atoms with Crippen molar-refractivity contribution in [3.8, 4) is 22.6 Å². The molecule has 27 heavy (non-hydrogen) atoms. The Hall–Kier alpha value is -3.59. The molecule has 0 bridgehead atoms. The topological polar surface area (TPSA) is 107 Å². The first kappa shape index (κ1) is 16.9. The van der Waals surface area contributed by atoms with E-state index in [4.69, 9.17) is 9.26 Å². The van der Waals surface area contributed by atoms with Gasteiger partial charge in [0.2, 0.25) is 17.6 Å². The second-order valence-corrected chi connectivity index (χ2v) is 5.75. The fourth-order valence-corrected chi connectivity index (χ4v) is 2.59. The van der Waals surface area contributed by atoms with Crippen LogP contribution in [0.3, 0.4) is 0 Å². The van der Waals surface area contributed by atoms with E-state index in [2.05, 4.69) is 25.5 Å². The van der Waals surface area contributed by atoms with Gasteiger partial charge in [0.15, 0.2) is 5.65 Å². The zero-order valence-corrected chi connectivity index (χ0v) is 14.5. The largest absolute Gasteiger partial charge is 0.375 e. The molecular weight excluding hydrogens is 348 g/mol. The number of nitrogens with zero attached hydrogens (tertiary/aromatic N) is 5. The van der Waals surface area contributed by atoms with Crippen molar-refractivity contribution in [3.63, 3.8) is 0 Å². The van der Waals surface area contributed by atoms with Gasteiger partial charge in [0.1, 0.15) is 6.61 Å². The third-order valence-corrected chi connectivity index (χ3v) is 3.83. The lowest BCUT2D eigenvalue weighted by Crippen LogP contribution is -2.26. The third-order valence-electron chi connectivity index (χ3n) is 3.83. The van der Waals surface area contributed by atoms with Crippen molar-refractivity contribution in [2.75, 3.05) is 13.7 Å². The van der Waals surface area contributed by atoms with Crippen LogP contribution in [0.5, 0.6) is 0 Å². The summed E-state index contributed by atoms with van der Waals surface area (Å²) in [5, 5.41) is 10.8. The average molecular weight is 364 g/mol.